The van der Waals surface area contributed by atoms with Crippen LogP contribution in [0.25, 0.3) is 10.8 Å². The number of hydrogen-bond acceptors (Lipinski definition) is 8. The van der Waals surface area contributed by atoms with Crippen molar-refractivity contribution in [2.24, 2.45) is 11.3 Å². The van der Waals surface area contributed by atoms with Gasteiger partial charge in [-0.3, -0.25) is 19.1 Å². The van der Waals surface area contributed by atoms with Crippen LogP contribution in [0, 0.1) is 23.0 Å². The van der Waals surface area contributed by atoms with Gasteiger partial charge in [-0.2, -0.15) is 0 Å². The van der Waals surface area contributed by atoms with Gasteiger partial charge in [0.2, 0.25) is 27.7 Å². The highest BCUT2D eigenvalue weighted by Gasteiger charge is 2.62. The predicted octanol–water partition coefficient (Wildman–Crippen LogP) is 6.63. The minimum atomic E-state index is -3.96. The number of pyridine rings is 1. The molecule has 2 aliphatic carbocycles. The van der Waals surface area contributed by atoms with E-state index in [2.05, 4.69) is 28.2 Å². The summed E-state index contributed by atoms with van der Waals surface area (Å²) in [5.41, 5.74) is -1.12. The number of likely N-dealkylation sites (tertiary alicyclic amines) is 1. The molecule has 3 aromatic rings. The fourth-order valence-corrected chi connectivity index (χ4v) is 8.57. The number of benzene rings is 2. The lowest BCUT2D eigenvalue weighted by atomic mass is 9.91. The van der Waals surface area contributed by atoms with Gasteiger partial charge in [0.05, 0.1) is 22.7 Å². The van der Waals surface area contributed by atoms with Gasteiger partial charge >= 0.3 is 0 Å². The van der Waals surface area contributed by atoms with Gasteiger partial charge in [0.1, 0.15) is 12.1 Å². The molecule has 1 aliphatic heterocycles. The normalized spacial score (nSPS) is 23.5. The van der Waals surface area contributed by atoms with Crippen LogP contribution in [-0.4, -0.2) is 65.4 Å². The SMILES string of the molecule is C=CCCCCC[C@H](Nc1ccc(F)c(F)c1)C(=O)N1C[C@H](Oc2nccc3ccccc23)C[C@H]1C(=O)C[C@]1(C(=O)NS(=O)(=O)C2(C)CC2)C[C@H]1C=C. The number of carbonyl (C=O) groups excluding carboxylic acids is 3. The first-order valence-corrected chi connectivity index (χ1v) is 19.6. The lowest BCUT2D eigenvalue weighted by molar-refractivity contribution is -0.139. The minimum absolute atomic E-state index is 0.0172. The van der Waals surface area contributed by atoms with Crippen molar-refractivity contribution < 1.29 is 36.3 Å². The maximum absolute atomic E-state index is 14.6. The van der Waals surface area contributed by atoms with Crippen molar-refractivity contribution >= 4 is 44.1 Å². The Kier molecular flexibility index (Phi) is 11.0. The maximum Gasteiger partial charge on any atom is 0.245 e. The molecule has 2 saturated carbocycles. The van der Waals surface area contributed by atoms with E-state index < -0.39 is 73.5 Å². The Bertz CT molecular complexity index is 2020. The number of anilines is 1. The van der Waals surface area contributed by atoms with Crippen molar-refractivity contribution in [1.82, 2.24) is 14.6 Å². The van der Waals surface area contributed by atoms with E-state index in [9.17, 15) is 31.6 Å². The molecular formula is C40H46F2N4O6S. The number of allylic oxidation sites excluding steroid dienone is 2. The van der Waals surface area contributed by atoms with Crippen LogP contribution in [0.1, 0.15) is 71.1 Å². The number of carbonyl (C=O) groups is 3. The molecule has 10 nitrogen and oxygen atoms in total. The largest absolute Gasteiger partial charge is 0.472 e. The van der Waals surface area contributed by atoms with Gasteiger partial charge in [-0.1, -0.05) is 43.2 Å². The smallest absolute Gasteiger partial charge is 0.245 e. The van der Waals surface area contributed by atoms with Gasteiger partial charge in [0, 0.05) is 36.2 Å². The minimum Gasteiger partial charge on any atom is -0.472 e. The Hall–Kier alpha value is -4.65. The molecule has 53 heavy (non-hydrogen) atoms. The average Bonchev–Trinajstić information content (AvgIpc) is 4.03. The van der Waals surface area contributed by atoms with E-state index in [-0.39, 0.29) is 31.5 Å². The fraction of sp³-hybridized carbons (Fsp3) is 0.450. The number of nitrogens with zero attached hydrogens (tertiary/aromatic N) is 2. The Morgan fingerprint density at radius 2 is 1.85 bits per heavy atom. The zero-order chi connectivity index (χ0) is 38.0. The average molecular weight is 749 g/mol. The molecule has 2 amide bonds. The summed E-state index contributed by atoms with van der Waals surface area (Å²) in [5, 5.41) is 4.73. The topological polar surface area (TPSA) is 135 Å². The summed E-state index contributed by atoms with van der Waals surface area (Å²) in [7, 11) is -3.96. The highest BCUT2D eigenvalue weighted by molar-refractivity contribution is 7.91. The van der Waals surface area contributed by atoms with Crippen molar-refractivity contribution in [2.75, 3.05) is 11.9 Å². The molecule has 0 unspecified atom stereocenters. The number of Topliss-reactive ketones (excluding diaryl/α,β-unsaturated/α-hetero) is 1. The van der Waals surface area contributed by atoms with Gasteiger partial charge in [-0.15, -0.1) is 13.2 Å². The second-order valence-electron chi connectivity index (χ2n) is 14.8. The van der Waals surface area contributed by atoms with E-state index >= 15 is 0 Å². The monoisotopic (exact) mass is 748 g/mol. The Morgan fingerprint density at radius 3 is 2.55 bits per heavy atom. The Labute approximate surface area is 309 Å². The number of unbranched alkanes of at least 4 members (excludes halogenated alkanes) is 3. The number of nitrogens with one attached hydrogen (secondary N) is 2. The first kappa shape index (κ1) is 38.1. The maximum atomic E-state index is 14.6. The quantitative estimate of drug-likeness (QED) is 0.109. The van der Waals surface area contributed by atoms with Gasteiger partial charge < -0.3 is 15.0 Å². The molecule has 2 heterocycles. The lowest BCUT2D eigenvalue weighted by Gasteiger charge is -2.30. The molecular weight excluding hydrogens is 703 g/mol. The summed E-state index contributed by atoms with van der Waals surface area (Å²) in [6.45, 7) is 9.17. The molecule has 6 rings (SSSR count). The number of aromatic nitrogens is 1. The van der Waals surface area contributed by atoms with Crippen LogP contribution in [-0.2, 0) is 24.4 Å². The summed E-state index contributed by atoms with van der Waals surface area (Å²) in [6.07, 6.45) is 8.67. The summed E-state index contributed by atoms with van der Waals surface area (Å²) in [5.74, 6) is -3.77. The second-order valence-corrected chi connectivity index (χ2v) is 17.0. The third-order valence-corrected chi connectivity index (χ3v) is 13.1. The molecule has 1 saturated heterocycles. The zero-order valence-corrected chi connectivity index (χ0v) is 30.7. The van der Waals surface area contributed by atoms with Crippen molar-refractivity contribution in [3.63, 3.8) is 0 Å². The van der Waals surface area contributed by atoms with Gasteiger partial charge in [0.25, 0.3) is 0 Å². The molecule has 3 fully saturated rings. The third kappa shape index (κ3) is 8.14. The number of sulfonamides is 1. The molecule has 0 spiro atoms. The van der Waals surface area contributed by atoms with Crippen LogP contribution in [0.3, 0.4) is 0 Å². The van der Waals surface area contributed by atoms with E-state index in [1.807, 2.05) is 36.4 Å². The first-order chi connectivity index (χ1) is 25.3. The molecule has 0 radical (unpaired) electrons. The van der Waals surface area contributed by atoms with Crippen LogP contribution >= 0.6 is 0 Å². The Balaban J connectivity index is 1.28. The number of halogens is 2. The number of ether oxygens (including phenoxy) is 1. The van der Waals surface area contributed by atoms with Crippen LogP contribution in [0.2, 0.25) is 0 Å². The van der Waals surface area contributed by atoms with E-state index in [0.29, 0.717) is 31.6 Å². The van der Waals surface area contributed by atoms with Gasteiger partial charge in [-0.25, -0.2) is 22.2 Å². The van der Waals surface area contributed by atoms with Crippen LogP contribution in [0.4, 0.5) is 14.5 Å². The van der Waals surface area contributed by atoms with Crippen LogP contribution in [0.15, 0.2) is 80.0 Å². The first-order valence-electron chi connectivity index (χ1n) is 18.2. The van der Waals surface area contributed by atoms with Crippen LogP contribution < -0.4 is 14.8 Å². The van der Waals surface area contributed by atoms with E-state index in [1.165, 1.54) is 11.0 Å². The number of fused-ring (bicyclic) bond motifs is 1. The van der Waals surface area contributed by atoms with Crippen LogP contribution in [0.5, 0.6) is 5.88 Å². The van der Waals surface area contributed by atoms with E-state index in [1.54, 1.807) is 19.2 Å². The zero-order valence-electron chi connectivity index (χ0n) is 29.9. The summed E-state index contributed by atoms with van der Waals surface area (Å²) in [6, 6.07) is 10.8. The second kappa shape index (κ2) is 15.4. The van der Waals surface area contributed by atoms with E-state index in [4.69, 9.17) is 4.74 Å². The standard InChI is InChI=1S/C40H46F2N4O6S/c1-4-6-7-8-9-14-33(44-28-15-16-31(41)32(42)21-28)37(48)46-25-29(52-36-30-13-11-10-12-26(30)17-20-43-36)22-34(46)35(47)24-40(23-27(40)5-2)38(49)45-53(50,51)39(3)18-19-39/h4-5,10-13,15-17,20-21,27,29,33-34,44H,1-2,6-9,14,18-19,22-25H2,3H3,(H,45,49)/t27-,29-,33+,34+,40-/m1/s1. The van der Waals surface area contributed by atoms with Crippen molar-refractivity contribution in [1.29, 1.82) is 0 Å². The number of amides is 2. The molecule has 1 aromatic heterocycles. The van der Waals surface area contributed by atoms with Crippen molar-refractivity contribution in [3.8, 4) is 5.88 Å². The van der Waals surface area contributed by atoms with Gasteiger partial charge in [0.15, 0.2) is 17.4 Å². The molecule has 2 aromatic carbocycles. The molecule has 282 valence electrons. The summed E-state index contributed by atoms with van der Waals surface area (Å²) < 4.78 is 61.7. The van der Waals surface area contributed by atoms with Crippen molar-refractivity contribution in [3.05, 3.63) is 91.7 Å². The molecule has 5 atom stereocenters. The van der Waals surface area contributed by atoms with Gasteiger partial charge in [-0.05, 0) is 81.0 Å². The van der Waals surface area contributed by atoms with Crippen molar-refractivity contribution in [2.45, 2.75) is 94.1 Å². The third-order valence-electron chi connectivity index (χ3n) is 11.0. The fourth-order valence-electron chi connectivity index (χ4n) is 7.24. The summed E-state index contributed by atoms with van der Waals surface area (Å²) >= 11 is 0. The molecule has 0 bridgehead atoms. The predicted molar refractivity (Wildman–Crippen MR) is 198 cm³/mol. The lowest BCUT2D eigenvalue weighted by Crippen LogP contribution is -2.49. The number of ketones is 1. The number of hydrogen-bond donors (Lipinski definition) is 2. The highest BCUT2D eigenvalue weighted by atomic mass is 32.2. The summed E-state index contributed by atoms with van der Waals surface area (Å²) in [4.78, 5) is 48.5. The Morgan fingerprint density at radius 1 is 1.08 bits per heavy atom. The molecule has 3 aliphatic rings. The molecule has 13 heteroatoms. The molecule has 2 N–H and O–H groups in total. The number of rotatable bonds is 18. The highest BCUT2D eigenvalue weighted by Crippen LogP contribution is 2.57. The van der Waals surface area contributed by atoms with E-state index in [0.717, 1.165) is 42.2 Å².